The predicted molar refractivity (Wildman–Crippen MR) is 87.6 cm³/mol. The number of benzene rings is 1. The van der Waals surface area contributed by atoms with Crippen LogP contribution in [0.1, 0.15) is 31.2 Å². The Bertz CT molecular complexity index is 766. The van der Waals surface area contributed by atoms with E-state index in [9.17, 15) is 9.59 Å². The second-order valence-electron chi connectivity index (χ2n) is 7.27. The maximum absolute atomic E-state index is 12.6. The van der Waals surface area contributed by atoms with Crippen molar-refractivity contribution in [3.8, 4) is 0 Å². The molecule has 1 saturated carbocycles. The van der Waals surface area contributed by atoms with E-state index < -0.39 is 0 Å². The summed E-state index contributed by atoms with van der Waals surface area (Å²) in [6, 6.07) is 8.45. The second kappa shape index (κ2) is 4.47. The molecule has 0 bridgehead atoms. The lowest BCUT2D eigenvalue weighted by atomic mass is 9.62. The number of carbonyl (C=O) groups is 2. The molecular formula is C19H20N2O2. The first-order valence-electron chi connectivity index (χ1n) is 8.58. The van der Waals surface area contributed by atoms with Gasteiger partial charge in [0, 0.05) is 18.3 Å². The molecule has 0 aromatic heterocycles. The molecule has 118 valence electrons. The molecule has 4 nitrogen and oxygen atoms in total. The molecular weight excluding hydrogens is 288 g/mol. The topological polar surface area (TPSA) is 49.4 Å². The van der Waals surface area contributed by atoms with Gasteiger partial charge in [-0.3, -0.25) is 14.9 Å². The summed E-state index contributed by atoms with van der Waals surface area (Å²) < 4.78 is 0. The monoisotopic (exact) mass is 308 g/mol. The van der Waals surface area contributed by atoms with Gasteiger partial charge in [-0.2, -0.15) is 0 Å². The maximum atomic E-state index is 12.6. The van der Waals surface area contributed by atoms with Crippen LogP contribution in [0.2, 0.25) is 0 Å². The van der Waals surface area contributed by atoms with E-state index >= 15 is 0 Å². The molecule has 1 saturated heterocycles. The summed E-state index contributed by atoms with van der Waals surface area (Å²) >= 11 is 0. The van der Waals surface area contributed by atoms with Gasteiger partial charge >= 0.3 is 0 Å². The van der Waals surface area contributed by atoms with Crippen molar-refractivity contribution < 1.29 is 9.59 Å². The van der Waals surface area contributed by atoms with E-state index in [2.05, 4.69) is 35.5 Å². The van der Waals surface area contributed by atoms with Crippen molar-refractivity contribution >= 4 is 23.1 Å². The number of imide groups is 1. The average molecular weight is 308 g/mol. The fourth-order valence-corrected chi connectivity index (χ4v) is 5.45. The van der Waals surface area contributed by atoms with Gasteiger partial charge in [0.25, 0.3) is 0 Å². The van der Waals surface area contributed by atoms with Gasteiger partial charge < -0.3 is 4.90 Å². The molecule has 2 amide bonds. The van der Waals surface area contributed by atoms with Crippen LogP contribution in [-0.2, 0) is 9.59 Å². The lowest BCUT2D eigenvalue weighted by molar-refractivity contribution is -0.126. The Labute approximate surface area is 135 Å². The van der Waals surface area contributed by atoms with E-state index in [1.807, 2.05) is 6.07 Å². The highest BCUT2D eigenvalue weighted by molar-refractivity contribution is 6.09. The fraction of sp³-hybridized carbons (Fsp3) is 0.474. The Morgan fingerprint density at radius 1 is 1.09 bits per heavy atom. The van der Waals surface area contributed by atoms with Crippen molar-refractivity contribution in [2.45, 2.75) is 31.7 Å². The number of nitrogens with one attached hydrogen (secondary N) is 1. The van der Waals surface area contributed by atoms with Crippen molar-refractivity contribution in [2.24, 2.45) is 17.8 Å². The molecule has 2 aliphatic carbocycles. The van der Waals surface area contributed by atoms with E-state index in [-0.39, 0.29) is 35.6 Å². The minimum absolute atomic E-state index is 0.0215. The Morgan fingerprint density at radius 2 is 1.87 bits per heavy atom. The first kappa shape index (κ1) is 13.3. The van der Waals surface area contributed by atoms with Crippen LogP contribution in [0, 0.1) is 17.8 Å². The molecule has 2 heterocycles. The average Bonchev–Trinajstić information content (AvgIpc) is 3.03. The second-order valence-corrected chi connectivity index (χ2v) is 7.27. The number of para-hydroxylation sites is 1. The highest BCUT2D eigenvalue weighted by Gasteiger charge is 2.58. The van der Waals surface area contributed by atoms with Gasteiger partial charge in [-0.15, -0.1) is 0 Å². The highest BCUT2D eigenvalue weighted by Crippen LogP contribution is 2.56. The predicted octanol–water partition coefficient (Wildman–Crippen LogP) is 2.35. The van der Waals surface area contributed by atoms with E-state index in [0.717, 1.165) is 19.3 Å². The van der Waals surface area contributed by atoms with Crippen molar-refractivity contribution in [3.05, 3.63) is 35.4 Å². The summed E-state index contributed by atoms with van der Waals surface area (Å²) in [5.74, 6) is -0.268. The van der Waals surface area contributed by atoms with Gasteiger partial charge in [-0.05, 0) is 36.8 Å². The normalized spacial score (nSPS) is 34.7. The molecule has 1 unspecified atom stereocenters. The molecule has 5 rings (SSSR count). The largest absolute Gasteiger partial charge is 0.366 e. The molecule has 1 aromatic rings. The number of carbonyl (C=O) groups excluding carboxylic acids is 2. The number of likely N-dealkylation sites (N-methyl/N-ethyl adjacent to an activating group) is 1. The van der Waals surface area contributed by atoms with Gasteiger partial charge in [0.15, 0.2) is 0 Å². The first-order valence-corrected chi connectivity index (χ1v) is 8.58. The third-order valence-electron chi connectivity index (χ3n) is 6.30. The molecule has 0 radical (unpaired) electrons. The highest BCUT2D eigenvalue weighted by atomic mass is 16.2. The number of amides is 2. The van der Waals surface area contributed by atoms with Crippen molar-refractivity contribution in [1.82, 2.24) is 5.32 Å². The Morgan fingerprint density at radius 3 is 2.74 bits per heavy atom. The first-order chi connectivity index (χ1) is 11.2. The molecule has 23 heavy (non-hydrogen) atoms. The third kappa shape index (κ3) is 1.56. The summed E-state index contributed by atoms with van der Waals surface area (Å²) in [6.45, 7) is 0. The molecule has 2 aliphatic heterocycles. The number of nitrogens with zero attached hydrogens (tertiary/aromatic N) is 1. The van der Waals surface area contributed by atoms with Gasteiger partial charge in [0.05, 0.1) is 17.9 Å². The summed E-state index contributed by atoms with van der Waals surface area (Å²) in [6.07, 6.45) is 4.47. The quantitative estimate of drug-likeness (QED) is 0.749. The van der Waals surface area contributed by atoms with Crippen molar-refractivity contribution in [3.63, 3.8) is 0 Å². The number of fused-ring (bicyclic) bond motifs is 7. The number of hydrogen-bond acceptors (Lipinski definition) is 3. The number of rotatable bonds is 0. The van der Waals surface area contributed by atoms with Crippen LogP contribution in [0.5, 0.6) is 0 Å². The lowest BCUT2D eigenvalue weighted by Crippen LogP contribution is -2.47. The summed E-state index contributed by atoms with van der Waals surface area (Å²) in [7, 11) is 2.06. The lowest BCUT2D eigenvalue weighted by Gasteiger charge is -2.42. The molecule has 1 N–H and O–H groups in total. The number of allylic oxidation sites excluding steroid dienone is 1. The van der Waals surface area contributed by atoms with E-state index in [4.69, 9.17) is 0 Å². The smallest absolute Gasteiger partial charge is 0.232 e. The van der Waals surface area contributed by atoms with Crippen molar-refractivity contribution in [1.29, 1.82) is 0 Å². The van der Waals surface area contributed by atoms with Crippen LogP contribution in [0.25, 0.3) is 5.57 Å². The van der Waals surface area contributed by atoms with E-state index in [1.54, 1.807) is 0 Å². The van der Waals surface area contributed by atoms with Crippen LogP contribution < -0.4 is 10.2 Å². The Kier molecular flexibility index (Phi) is 2.59. The van der Waals surface area contributed by atoms with E-state index in [1.165, 1.54) is 28.8 Å². The summed E-state index contributed by atoms with van der Waals surface area (Å²) in [5, 5.41) is 2.62. The minimum Gasteiger partial charge on any atom is -0.366 e. The molecule has 4 heteroatoms. The van der Waals surface area contributed by atoms with E-state index in [0.29, 0.717) is 0 Å². The summed E-state index contributed by atoms with van der Waals surface area (Å²) in [4.78, 5) is 27.2. The van der Waals surface area contributed by atoms with Crippen molar-refractivity contribution in [2.75, 3.05) is 11.9 Å². The summed E-state index contributed by atoms with van der Waals surface area (Å²) in [5.41, 5.74) is 5.26. The van der Waals surface area contributed by atoms with Crippen LogP contribution >= 0.6 is 0 Å². The van der Waals surface area contributed by atoms with Gasteiger partial charge in [-0.25, -0.2) is 0 Å². The standard InChI is InChI=1S/C19H20N2O2/c1-21-13-9-5-4-8-12(13)14-10-6-2-3-7-11(10)15-16(17(14)21)19(23)20-18(15)22/h4-5,8-9,11,15-17H,2-3,6-7H2,1H3,(H,20,22,23)/t11-,15-,16-,17?/m1/s1. The third-order valence-corrected chi connectivity index (χ3v) is 6.30. The SMILES string of the molecule is CN1c2ccccc2C2=C3CCCC[C@H]3[C@H]3C(=O)NC(=O)[C@H]3C21. The van der Waals surface area contributed by atoms with Crippen LogP contribution in [0.15, 0.2) is 29.8 Å². The molecule has 0 spiro atoms. The van der Waals surface area contributed by atoms with Crippen LogP contribution in [-0.4, -0.2) is 24.9 Å². The zero-order valence-corrected chi connectivity index (χ0v) is 13.2. The van der Waals surface area contributed by atoms with Crippen LogP contribution in [0.3, 0.4) is 0 Å². The number of anilines is 1. The Hall–Kier alpha value is -2.10. The molecule has 2 fully saturated rings. The minimum atomic E-state index is -0.234. The fourth-order valence-electron chi connectivity index (χ4n) is 5.45. The van der Waals surface area contributed by atoms with Crippen LogP contribution in [0.4, 0.5) is 5.69 Å². The maximum Gasteiger partial charge on any atom is 0.232 e. The van der Waals surface area contributed by atoms with Gasteiger partial charge in [-0.1, -0.05) is 30.2 Å². The molecule has 1 aromatic carbocycles. The zero-order valence-electron chi connectivity index (χ0n) is 13.2. The molecule has 4 atom stereocenters. The van der Waals surface area contributed by atoms with Gasteiger partial charge in [0.1, 0.15) is 0 Å². The van der Waals surface area contributed by atoms with Gasteiger partial charge in [0.2, 0.25) is 11.8 Å². The number of hydrogen-bond donors (Lipinski definition) is 1. The Balaban J connectivity index is 1.78. The molecule has 4 aliphatic rings. The zero-order chi connectivity index (χ0) is 15.7.